The molecule has 2 nitrogen and oxygen atoms in total. The lowest BCUT2D eigenvalue weighted by molar-refractivity contribution is -0.365. The molecule has 0 radical (unpaired) electrons. The number of rotatable bonds is 3. The zero-order valence-corrected chi connectivity index (χ0v) is 8.22. The van der Waals surface area contributed by atoms with Crippen molar-refractivity contribution in [2.45, 2.75) is 37.5 Å². The second kappa shape index (κ2) is 5.62. The Balaban J connectivity index is -0.000000845. The highest BCUT2D eigenvalue weighted by molar-refractivity contribution is 4.95. The van der Waals surface area contributed by atoms with Crippen LogP contribution in [0.25, 0.3) is 0 Å². The van der Waals surface area contributed by atoms with Crippen molar-refractivity contribution in [3.63, 3.8) is 0 Å². The molecule has 102 valence electrons. The Bertz CT molecular complexity index is 201. The first-order chi connectivity index (χ1) is 5.98. The first-order valence-corrected chi connectivity index (χ1v) is 3.45. The van der Waals surface area contributed by atoms with Crippen LogP contribution in [0.5, 0.6) is 0 Å². The molecule has 0 spiro atoms. The maximum Gasteiger partial charge on any atom is 0.459 e. The predicted molar refractivity (Wildman–Crippen MR) is 41.2 cm³/mol. The largest absolute Gasteiger partial charge is 0.459 e. The summed E-state index contributed by atoms with van der Waals surface area (Å²) in [6, 6.07) is 0. The zero-order valence-electron chi connectivity index (χ0n) is 8.22. The Morgan fingerprint density at radius 3 is 1.38 bits per heavy atom. The third-order valence-corrected chi connectivity index (χ3v) is 1.53. The van der Waals surface area contributed by atoms with E-state index in [0.29, 0.717) is 0 Å². The van der Waals surface area contributed by atoms with Gasteiger partial charge in [0.15, 0.2) is 6.17 Å². The minimum absolute atomic E-state index is 0. The van der Waals surface area contributed by atoms with E-state index < -0.39 is 30.6 Å². The first kappa shape index (κ1) is 20.7. The average Bonchev–Trinajstić information content (AvgIpc) is 2.00. The molecule has 0 aromatic carbocycles. The van der Waals surface area contributed by atoms with Crippen LogP contribution >= 0.6 is 0 Å². The summed E-state index contributed by atoms with van der Waals surface area (Å²) in [4.78, 5) is 0. The van der Waals surface area contributed by atoms with E-state index in [9.17, 15) is 35.1 Å². The van der Waals surface area contributed by atoms with Crippen molar-refractivity contribution in [2.24, 2.45) is 0 Å². The van der Waals surface area contributed by atoms with Crippen molar-refractivity contribution >= 4 is 0 Å². The fourth-order valence-electron chi connectivity index (χ4n) is 0.642. The minimum atomic E-state index is -6.46. The van der Waals surface area contributed by atoms with Crippen LogP contribution in [0.3, 0.4) is 0 Å². The topological polar surface area (TPSA) is 70.0 Å². The van der Waals surface area contributed by atoms with Gasteiger partial charge in [0, 0.05) is 0 Å². The summed E-state index contributed by atoms with van der Waals surface area (Å²) >= 11 is 0. The quantitative estimate of drug-likeness (QED) is 0.759. The molecule has 0 rings (SSSR count). The van der Waals surface area contributed by atoms with Crippen LogP contribution in [0.2, 0.25) is 0 Å². The van der Waals surface area contributed by atoms with Gasteiger partial charge in [0.25, 0.3) is 0 Å². The van der Waals surface area contributed by atoms with Crippen LogP contribution in [0.1, 0.15) is 13.3 Å². The lowest BCUT2D eigenvalue weighted by Crippen LogP contribution is -2.56. The predicted octanol–water partition coefficient (Wildman–Crippen LogP) is 3.89. The molecule has 0 aliphatic rings. The van der Waals surface area contributed by atoms with E-state index in [1.807, 2.05) is 0 Å². The van der Waals surface area contributed by atoms with Crippen molar-refractivity contribution in [1.29, 1.82) is 0 Å². The van der Waals surface area contributed by atoms with Crippen molar-refractivity contribution in [2.75, 3.05) is 0 Å². The fraction of sp³-hybridized carbons (Fsp3) is 1.00. The Kier molecular flexibility index (Phi) is 7.28. The van der Waals surface area contributed by atoms with Crippen LogP contribution in [-0.4, -0.2) is 24.2 Å². The lowest BCUT2D eigenvalue weighted by atomic mass is 10.0. The van der Waals surface area contributed by atoms with E-state index in [1.54, 1.807) is 0 Å². The second-order valence-electron chi connectivity index (χ2n) is 2.57. The number of hydrogen-bond acceptors (Lipinski definition) is 2. The third kappa shape index (κ3) is 3.17. The van der Waals surface area contributed by atoms with Gasteiger partial charge in [-0.2, -0.15) is 30.7 Å². The van der Waals surface area contributed by atoms with Gasteiger partial charge in [-0.3, -0.25) is 0 Å². The maximum absolute atomic E-state index is 12.2. The van der Waals surface area contributed by atoms with Crippen molar-refractivity contribution < 1.29 is 35.1 Å². The monoisotopic (exact) mass is 264 g/mol. The molecule has 0 saturated heterocycles. The van der Waals surface area contributed by atoms with Gasteiger partial charge >= 0.3 is 18.0 Å². The SMILES string of the molecule is CCC(F)C(F)(F)C(F)(F)C(F)(F)F.N.N. The molecule has 0 fully saturated rings. The second-order valence-corrected chi connectivity index (χ2v) is 2.57. The Labute approximate surface area is 86.2 Å². The summed E-state index contributed by atoms with van der Waals surface area (Å²) in [6.45, 7) is 0.741. The van der Waals surface area contributed by atoms with Crippen LogP contribution < -0.4 is 12.3 Å². The fourth-order valence-corrected chi connectivity index (χ4v) is 0.642. The molecule has 0 aliphatic heterocycles. The van der Waals surface area contributed by atoms with E-state index >= 15 is 0 Å². The molecule has 1 atom stereocenters. The smallest absolute Gasteiger partial charge is 0.344 e. The highest BCUT2D eigenvalue weighted by atomic mass is 19.4. The zero-order chi connectivity index (χ0) is 11.8. The van der Waals surface area contributed by atoms with E-state index in [2.05, 4.69) is 0 Å². The van der Waals surface area contributed by atoms with Crippen LogP contribution in [0, 0.1) is 0 Å². The molecule has 16 heavy (non-hydrogen) atoms. The van der Waals surface area contributed by atoms with Gasteiger partial charge < -0.3 is 12.3 Å². The molecular weight excluding hydrogens is 252 g/mol. The Hall–Kier alpha value is -0.640. The number of halogens is 8. The van der Waals surface area contributed by atoms with Gasteiger partial charge in [-0.05, 0) is 6.42 Å². The third-order valence-electron chi connectivity index (χ3n) is 1.53. The lowest BCUT2D eigenvalue weighted by Gasteiger charge is -2.29. The molecule has 6 N–H and O–H groups in total. The molecule has 1 unspecified atom stereocenters. The highest BCUT2D eigenvalue weighted by Gasteiger charge is 2.75. The summed E-state index contributed by atoms with van der Waals surface area (Å²) in [7, 11) is 0. The molecule has 0 aromatic heterocycles. The van der Waals surface area contributed by atoms with Gasteiger partial charge in [0.2, 0.25) is 0 Å². The molecule has 0 saturated carbocycles. The van der Waals surface area contributed by atoms with Crippen LogP contribution in [-0.2, 0) is 0 Å². The molecule has 10 heteroatoms. The average molecular weight is 264 g/mol. The molecular formula is C6H12F8N2. The molecule has 0 amide bonds. The normalized spacial score (nSPS) is 14.8. The van der Waals surface area contributed by atoms with Gasteiger partial charge in [-0.25, -0.2) is 4.39 Å². The summed E-state index contributed by atoms with van der Waals surface area (Å²) in [5, 5.41) is 0. The van der Waals surface area contributed by atoms with Gasteiger partial charge in [0.1, 0.15) is 0 Å². The molecule has 0 aliphatic carbocycles. The van der Waals surface area contributed by atoms with Crippen molar-refractivity contribution in [3.05, 3.63) is 0 Å². The highest BCUT2D eigenvalue weighted by Crippen LogP contribution is 2.49. The van der Waals surface area contributed by atoms with E-state index in [-0.39, 0.29) is 12.3 Å². The van der Waals surface area contributed by atoms with Crippen LogP contribution in [0.4, 0.5) is 35.1 Å². The van der Waals surface area contributed by atoms with Crippen LogP contribution in [0.15, 0.2) is 0 Å². The Morgan fingerprint density at radius 1 is 0.875 bits per heavy atom. The Morgan fingerprint density at radius 2 is 1.19 bits per heavy atom. The minimum Gasteiger partial charge on any atom is -0.344 e. The number of hydrogen-bond donors (Lipinski definition) is 2. The molecule has 0 aromatic rings. The van der Waals surface area contributed by atoms with Gasteiger partial charge in [-0.15, -0.1) is 0 Å². The molecule has 0 bridgehead atoms. The van der Waals surface area contributed by atoms with Crippen molar-refractivity contribution in [1.82, 2.24) is 12.3 Å². The van der Waals surface area contributed by atoms with E-state index in [0.717, 1.165) is 6.92 Å². The number of alkyl halides is 8. The summed E-state index contributed by atoms with van der Waals surface area (Å²) in [5.74, 6) is -12.1. The maximum atomic E-state index is 12.2. The molecule has 0 heterocycles. The van der Waals surface area contributed by atoms with E-state index in [4.69, 9.17) is 0 Å². The van der Waals surface area contributed by atoms with Gasteiger partial charge in [0.05, 0.1) is 0 Å². The van der Waals surface area contributed by atoms with Crippen molar-refractivity contribution in [3.8, 4) is 0 Å². The summed E-state index contributed by atoms with van der Waals surface area (Å²) in [6.07, 6.45) is -11.1. The summed E-state index contributed by atoms with van der Waals surface area (Å²) < 4.78 is 95.0. The van der Waals surface area contributed by atoms with Gasteiger partial charge in [-0.1, -0.05) is 6.92 Å². The summed E-state index contributed by atoms with van der Waals surface area (Å²) in [5.41, 5.74) is 0. The standard InChI is InChI=1S/C6H6F8.2H3N/c1-2-3(7)4(8,9)5(10,11)6(12,13)14;;/h3H,2H2,1H3;2*1H3. The van der Waals surface area contributed by atoms with E-state index in [1.165, 1.54) is 0 Å². The first-order valence-electron chi connectivity index (χ1n) is 3.45.